The number of halogens is 2. The van der Waals surface area contributed by atoms with Gasteiger partial charge in [-0.2, -0.15) is 0 Å². The lowest BCUT2D eigenvalue weighted by Crippen LogP contribution is -2.28. The molecular formula is C13H16Cl2O3. The van der Waals surface area contributed by atoms with Gasteiger partial charge in [0.1, 0.15) is 6.10 Å². The van der Waals surface area contributed by atoms with E-state index in [1.165, 1.54) is 0 Å². The van der Waals surface area contributed by atoms with Crippen molar-refractivity contribution in [1.82, 2.24) is 0 Å². The molecule has 1 aliphatic rings. The zero-order valence-corrected chi connectivity index (χ0v) is 11.8. The number of rotatable bonds is 4. The Morgan fingerprint density at radius 2 is 2.28 bits per heavy atom. The Morgan fingerprint density at radius 3 is 2.89 bits per heavy atom. The second kappa shape index (κ2) is 6.50. The van der Waals surface area contributed by atoms with Crippen LogP contribution in [0.5, 0.6) is 11.5 Å². The van der Waals surface area contributed by atoms with Crippen molar-refractivity contribution in [2.75, 3.05) is 20.3 Å². The molecule has 0 aliphatic carbocycles. The van der Waals surface area contributed by atoms with Gasteiger partial charge < -0.3 is 14.2 Å². The lowest BCUT2D eigenvalue weighted by atomic mass is 10.1. The average molecular weight is 291 g/mol. The molecule has 0 N–H and O–H groups in total. The molecule has 2 rings (SSSR count). The quantitative estimate of drug-likeness (QED) is 0.793. The molecule has 1 atom stereocenters. The van der Waals surface area contributed by atoms with Crippen molar-refractivity contribution in [2.45, 2.75) is 24.8 Å². The van der Waals surface area contributed by atoms with Gasteiger partial charge >= 0.3 is 0 Å². The van der Waals surface area contributed by atoms with Gasteiger partial charge in [0.2, 0.25) is 0 Å². The van der Waals surface area contributed by atoms with Gasteiger partial charge in [0.25, 0.3) is 0 Å². The number of ether oxygens (including phenoxy) is 3. The smallest absolute Gasteiger partial charge is 0.166 e. The number of hydrogen-bond acceptors (Lipinski definition) is 3. The molecule has 0 aromatic heterocycles. The van der Waals surface area contributed by atoms with Gasteiger partial charge in [-0.3, -0.25) is 0 Å². The first-order valence-electron chi connectivity index (χ1n) is 5.91. The Bertz CT molecular complexity index is 378. The third-order valence-corrected chi connectivity index (χ3v) is 3.37. The van der Waals surface area contributed by atoms with E-state index in [2.05, 4.69) is 0 Å². The molecule has 5 heteroatoms. The number of methoxy groups -OCH3 is 1. The fraction of sp³-hybridized carbons (Fsp3) is 0.538. The summed E-state index contributed by atoms with van der Waals surface area (Å²) in [5.74, 6) is 1.62. The van der Waals surface area contributed by atoms with Crippen molar-refractivity contribution in [2.24, 2.45) is 0 Å². The topological polar surface area (TPSA) is 27.7 Å². The molecule has 0 radical (unpaired) electrons. The van der Waals surface area contributed by atoms with Crippen molar-refractivity contribution in [3.8, 4) is 11.5 Å². The lowest BCUT2D eigenvalue weighted by Gasteiger charge is -2.25. The highest BCUT2D eigenvalue weighted by Crippen LogP contribution is 2.36. The van der Waals surface area contributed by atoms with Crippen LogP contribution in [0.4, 0.5) is 0 Å². The monoisotopic (exact) mass is 290 g/mol. The molecule has 0 spiro atoms. The standard InChI is InChI=1S/C13H16Cl2O3/c1-16-12-6-10(15)5-9(7-14)13(12)18-11-3-2-4-17-8-11/h5-6,11H,2-4,7-8H2,1H3. The molecule has 18 heavy (non-hydrogen) atoms. The molecule has 0 amide bonds. The summed E-state index contributed by atoms with van der Waals surface area (Å²) in [6.07, 6.45) is 2.04. The molecular weight excluding hydrogens is 275 g/mol. The molecule has 0 saturated carbocycles. The number of benzene rings is 1. The normalized spacial score (nSPS) is 19.6. The molecule has 1 saturated heterocycles. The Hall–Kier alpha value is -0.640. The van der Waals surface area contributed by atoms with Crippen molar-refractivity contribution in [3.63, 3.8) is 0 Å². The van der Waals surface area contributed by atoms with Gasteiger partial charge in [-0.25, -0.2) is 0 Å². The van der Waals surface area contributed by atoms with E-state index in [1.54, 1.807) is 19.2 Å². The first kappa shape index (κ1) is 13.8. The van der Waals surface area contributed by atoms with Crippen LogP contribution >= 0.6 is 23.2 Å². The summed E-state index contributed by atoms with van der Waals surface area (Å²) >= 11 is 11.9. The molecule has 3 nitrogen and oxygen atoms in total. The molecule has 1 aliphatic heterocycles. The van der Waals surface area contributed by atoms with Crippen molar-refractivity contribution < 1.29 is 14.2 Å². The molecule has 0 bridgehead atoms. The Kier molecular flexibility index (Phi) is 4.98. The van der Waals surface area contributed by atoms with Gasteiger partial charge in [-0.1, -0.05) is 11.6 Å². The van der Waals surface area contributed by atoms with E-state index in [9.17, 15) is 0 Å². The SMILES string of the molecule is COc1cc(Cl)cc(CCl)c1OC1CCCOC1. The summed E-state index contributed by atoms with van der Waals surface area (Å²) < 4.78 is 16.7. The Labute approximate surface area is 117 Å². The highest BCUT2D eigenvalue weighted by Gasteiger charge is 2.20. The first-order chi connectivity index (χ1) is 8.74. The second-order valence-electron chi connectivity index (χ2n) is 4.19. The fourth-order valence-corrected chi connectivity index (χ4v) is 2.41. The van der Waals surface area contributed by atoms with E-state index in [1.807, 2.05) is 0 Å². The minimum atomic E-state index is 0.0517. The van der Waals surface area contributed by atoms with Crippen LogP contribution < -0.4 is 9.47 Å². The van der Waals surface area contributed by atoms with E-state index < -0.39 is 0 Å². The largest absolute Gasteiger partial charge is 0.493 e. The van der Waals surface area contributed by atoms with Crippen LogP contribution in [0.25, 0.3) is 0 Å². The summed E-state index contributed by atoms with van der Waals surface area (Å²) in [5, 5.41) is 0.592. The minimum absolute atomic E-state index is 0.0517. The molecule has 1 unspecified atom stereocenters. The van der Waals surface area contributed by atoms with Crippen molar-refractivity contribution >= 4 is 23.2 Å². The van der Waals surface area contributed by atoms with Crippen molar-refractivity contribution in [1.29, 1.82) is 0 Å². The third-order valence-electron chi connectivity index (χ3n) is 2.86. The predicted molar refractivity (Wildman–Crippen MR) is 72.0 cm³/mol. The second-order valence-corrected chi connectivity index (χ2v) is 4.89. The zero-order valence-electron chi connectivity index (χ0n) is 10.2. The summed E-state index contributed by atoms with van der Waals surface area (Å²) in [5.41, 5.74) is 0.839. The van der Waals surface area contributed by atoms with Gasteiger partial charge in [-0.05, 0) is 18.9 Å². The van der Waals surface area contributed by atoms with Crippen LogP contribution in [0, 0.1) is 0 Å². The van der Waals surface area contributed by atoms with Gasteiger partial charge in [0, 0.05) is 23.3 Å². The average Bonchev–Trinajstić information content (AvgIpc) is 2.41. The van der Waals surface area contributed by atoms with Crippen molar-refractivity contribution in [3.05, 3.63) is 22.7 Å². The molecule has 1 heterocycles. The molecule has 100 valence electrons. The molecule has 1 fully saturated rings. The Morgan fingerprint density at radius 1 is 1.44 bits per heavy atom. The first-order valence-corrected chi connectivity index (χ1v) is 6.82. The third kappa shape index (κ3) is 3.22. The van der Waals surface area contributed by atoms with Crippen LogP contribution in [0.15, 0.2) is 12.1 Å². The van der Waals surface area contributed by atoms with Crippen LogP contribution in [0.1, 0.15) is 18.4 Å². The molecule has 1 aromatic rings. The van der Waals surface area contributed by atoms with Gasteiger partial charge in [-0.15, -0.1) is 11.6 Å². The van der Waals surface area contributed by atoms with E-state index in [-0.39, 0.29) is 6.10 Å². The van der Waals surface area contributed by atoms with Crippen LogP contribution in [0.2, 0.25) is 5.02 Å². The Balaban J connectivity index is 2.23. The summed E-state index contributed by atoms with van der Waals surface area (Å²) in [7, 11) is 1.59. The van der Waals surface area contributed by atoms with Crippen LogP contribution in [0.3, 0.4) is 0 Å². The van der Waals surface area contributed by atoms with E-state index in [4.69, 9.17) is 37.4 Å². The fourth-order valence-electron chi connectivity index (χ4n) is 1.98. The van der Waals surface area contributed by atoms with Crippen LogP contribution in [-0.2, 0) is 10.6 Å². The maximum Gasteiger partial charge on any atom is 0.166 e. The van der Waals surface area contributed by atoms with Gasteiger partial charge in [0.05, 0.1) is 19.6 Å². The minimum Gasteiger partial charge on any atom is -0.493 e. The highest BCUT2D eigenvalue weighted by atomic mass is 35.5. The summed E-state index contributed by atoms with van der Waals surface area (Å²) in [6.45, 7) is 1.41. The predicted octanol–water partition coefficient (Wildman–Crippen LogP) is 3.65. The lowest BCUT2D eigenvalue weighted by molar-refractivity contribution is 0.00612. The van der Waals surface area contributed by atoms with E-state index in [0.29, 0.717) is 29.0 Å². The van der Waals surface area contributed by atoms with Crippen LogP contribution in [-0.4, -0.2) is 26.4 Å². The number of alkyl halides is 1. The van der Waals surface area contributed by atoms with E-state index >= 15 is 0 Å². The summed E-state index contributed by atoms with van der Waals surface area (Å²) in [6, 6.07) is 3.53. The number of hydrogen-bond donors (Lipinski definition) is 0. The maximum atomic E-state index is 6.00. The zero-order chi connectivity index (χ0) is 13.0. The highest BCUT2D eigenvalue weighted by molar-refractivity contribution is 6.31. The maximum absolute atomic E-state index is 6.00. The molecule has 1 aromatic carbocycles. The summed E-state index contributed by atoms with van der Waals surface area (Å²) in [4.78, 5) is 0. The van der Waals surface area contributed by atoms with E-state index in [0.717, 1.165) is 25.0 Å². The van der Waals surface area contributed by atoms with Gasteiger partial charge in [0.15, 0.2) is 11.5 Å².